The molecule has 3 nitrogen and oxygen atoms in total. The van der Waals surface area contributed by atoms with E-state index >= 15 is 0 Å². The van der Waals surface area contributed by atoms with Crippen LogP contribution >= 0.6 is 0 Å². The molecule has 0 aromatic carbocycles. The summed E-state index contributed by atoms with van der Waals surface area (Å²) in [7, 11) is 0. The van der Waals surface area contributed by atoms with Gasteiger partial charge in [0.1, 0.15) is 13.6 Å². The molecule has 0 saturated heterocycles. The van der Waals surface area contributed by atoms with Crippen molar-refractivity contribution in [2.75, 3.05) is 26.8 Å². The van der Waals surface area contributed by atoms with Crippen LogP contribution in [-0.2, 0) is 14.2 Å². The Hall–Kier alpha value is -0.120. The fraction of sp³-hybridized carbons (Fsp3) is 1.00. The van der Waals surface area contributed by atoms with Crippen molar-refractivity contribution in [2.24, 2.45) is 0 Å². The first-order chi connectivity index (χ1) is 20.4. The average Bonchev–Trinajstić information content (AvgIpc) is 2.98. The molecule has 3 heteroatoms. The van der Waals surface area contributed by atoms with Gasteiger partial charge >= 0.3 is 0 Å². The van der Waals surface area contributed by atoms with Crippen LogP contribution in [0.15, 0.2) is 0 Å². The SMILES string of the molecule is CCCCCCCCCCCCCCCCCCOCOCOCCCCCCCCCCCCCCCCCC. The molecule has 0 bridgehead atoms. The zero-order chi connectivity index (χ0) is 29.6. The largest absolute Gasteiger partial charge is 0.355 e. The number of hydrogen-bond acceptors (Lipinski definition) is 3. The van der Waals surface area contributed by atoms with E-state index in [4.69, 9.17) is 14.2 Å². The summed E-state index contributed by atoms with van der Waals surface area (Å²) in [4.78, 5) is 0. The Kier molecular flexibility index (Phi) is 39.8. The van der Waals surface area contributed by atoms with Gasteiger partial charge in [-0.15, -0.1) is 0 Å². The summed E-state index contributed by atoms with van der Waals surface area (Å²) in [5.41, 5.74) is 0. The summed E-state index contributed by atoms with van der Waals surface area (Å²) < 4.78 is 16.6. The molecule has 0 N–H and O–H groups in total. The third-order valence-corrected chi connectivity index (χ3v) is 8.62. The van der Waals surface area contributed by atoms with Crippen molar-refractivity contribution < 1.29 is 14.2 Å². The quantitative estimate of drug-likeness (QED) is 0.0535. The second kappa shape index (κ2) is 39.9. The van der Waals surface area contributed by atoms with Crippen LogP contribution in [0.3, 0.4) is 0 Å². The standard InChI is InChI=1S/C38H78O3/c1-3-5-7-9-11-13-15-17-19-21-23-25-27-29-31-33-35-39-37-41-38-40-36-34-32-30-28-26-24-22-20-18-16-14-12-10-8-6-4-2/h3-38H2,1-2H3. The highest BCUT2D eigenvalue weighted by molar-refractivity contribution is 4.51. The Balaban J connectivity index is 3.02. The molecule has 0 aliphatic heterocycles. The van der Waals surface area contributed by atoms with E-state index in [-0.39, 0.29) is 0 Å². The minimum atomic E-state index is 0.373. The molecule has 41 heavy (non-hydrogen) atoms. The summed E-state index contributed by atoms with van der Waals surface area (Å²) in [6.07, 6.45) is 44.9. The summed E-state index contributed by atoms with van der Waals surface area (Å²) >= 11 is 0. The molecule has 0 saturated carbocycles. The van der Waals surface area contributed by atoms with E-state index in [0.29, 0.717) is 13.6 Å². The van der Waals surface area contributed by atoms with Gasteiger partial charge in [0.15, 0.2) is 0 Å². The highest BCUT2D eigenvalue weighted by Gasteiger charge is 1.97. The van der Waals surface area contributed by atoms with E-state index in [1.165, 1.54) is 193 Å². The van der Waals surface area contributed by atoms with Gasteiger partial charge < -0.3 is 14.2 Å². The first-order valence-electron chi connectivity index (χ1n) is 19.1. The highest BCUT2D eigenvalue weighted by atomic mass is 16.7. The van der Waals surface area contributed by atoms with Gasteiger partial charge in [-0.25, -0.2) is 0 Å². The number of ether oxygens (including phenoxy) is 3. The van der Waals surface area contributed by atoms with Crippen LogP contribution in [0.25, 0.3) is 0 Å². The van der Waals surface area contributed by atoms with Gasteiger partial charge in [0, 0.05) is 13.2 Å². The zero-order valence-electron chi connectivity index (χ0n) is 28.7. The number of rotatable bonds is 38. The van der Waals surface area contributed by atoms with Crippen molar-refractivity contribution in [1.29, 1.82) is 0 Å². The minimum Gasteiger partial charge on any atom is -0.355 e. The average molecular weight is 583 g/mol. The lowest BCUT2D eigenvalue weighted by atomic mass is 10.0. The fourth-order valence-electron chi connectivity index (χ4n) is 5.77. The summed E-state index contributed by atoms with van der Waals surface area (Å²) in [6, 6.07) is 0. The van der Waals surface area contributed by atoms with Gasteiger partial charge in [-0.3, -0.25) is 0 Å². The number of hydrogen-bond donors (Lipinski definition) is 0. The van der Waals surface area contributed by atoms with Crippen LogP contribution in [0, 0.1) is 0 Å². The zero-order valence-corrected chi connectivity index (χ0v) is 28.7. The van der Waals surface area contributed by atoms with Crippen LogP contribution < -0.4 is 0 Å². The van der Waals surface area contributed by atoms with Gasteiger partial charge in [0.25, 0.3) is 0 Å². The van der Waals surface area contributed by atoms with Crippen LogP contribution in [-0.4, -0.2) is 26.8 Å². The molecule has 0 unspecified atom stereocenters. The molecular formula is C38H78O3. The Morgan fingerprint density at radius 2 is 0.415 bits per heavy atom. The lowest BCUT2D eigenvalue weighted by molar-refractivity contribution is -0.131. The van der Waals surface area contributed by atoms with E-state index < -0.39 is 0 Å². The van der Waals surface area contributed by atoms with E-state index in [2.05, 4.69) is 13.8 Å². The topological polar surface area (TPSA) is 27.7 Å². The van der Waals surface area contributed by atoms with Crippen molar-refractivity contribution in [3.05, 3.63) is 0 Å². The summed E-state index contributed by atoms with van der Waals surface area (Å²) in [6.45, 7) is 6.97. The first-order valence-corrected chi connectivity index (χ1v) is 19.1. The van der Waals surface area contributed by atoms with Crippen molar-refractivity contribution in [1.82, 2.24) is 0 Å². The molecule has 0 aromatic rings. The Morgan fingerprint density at radius 1 is 0.220 bits per heavy atom. The van der Waals surface area contributed by atoms with Crippen LogP contribution in [0.1, 0.15) is 219 Å². The third-order valence-electron chi connectivity index (χ3n) is 8.62. The molecule has 0 amide bonds. The minimum absolute atomic E-state index is 0.373. The summed E-state index contributed by atoms with van der Waals surface area (Å²) in [5.74, 6) is 0. The molecule has 0 atom stereocenters. The molecule has 0 aromatic heterocycles. The molecule has 0 spiro atoms. The van der Waals surface area contributed by atoms with Gasteiger partial charge in [0.05, 0.1) is 0 Å². The van der Waals surface area contributed by atoms with Crippen molar-refractivity contribution >= 4 is 0 Å². The van der Waals surface area contributed by atoms with Crippen molar-refractivity contribution in [3.63, 3.8) is 0 Å². The maximum Gasteiger partial charge on any atom is 0.149 e. The monoisotopic (exact) mass is 583 g/mol. The maximum atomic E-state index is 5.59. The molecule has 0 radical (unpaired) electrons. The Bertz CT molecular complexity index is 390. The van der Waals surface area contributed by atoms with Crippen LogP contribution in [0.5, 0.6) is 0 Å². The lowest BCUT2D eigenvalue weighted by Gasteiger charge is -2.07. The summed E-state index contributed by atoms with van der Waals surface area (Å²) in [5, 5.41) is 0. The van der Waals surface area contributed by atoms with E-state index in [9.17, 15) is 0 Å². The molecule has 0 fully saturated rings. The van der Waals surface area contributed by atoms with Crippen molar-refractivity contribution in [3.8, 4) is 0 Å². The van der Waals surface area contributed by atoms with Gasteiger partial charge in [0.2, 0.25) is 0 Å². The van der Waals surface area contributed by atoms with Crippen LogP contribution in [0.2, 0.25) is 0 Å². The van der Waals surface area contributed by atoms with Gasteiger partial charge in [-0.1, -0.05) is 206 Å². The Morgan fingerprint density at radius 3 is 0.634 bits per heavy atom. The third kappa shape index (κ3) is 39.9. The molecular weight excluding hydrogens is 504 g/mol. The maximum absolute atomic E-state index is 5.59. The van der Waals surface area contributed by atoms with E-state index in [1.54, 1.807) is 0 Å². The molecule has 0 rings (SSSR count). The molecule has 0 heterocycles. The van der Waals surface area contributed by atoms with E-state index in [1.807, 2.05) is 0 Å². The molecule has 0 aliphatic carbocycles. The predicted molar refractivity (Wildman–Crippen MR) is 182 cm³/mol. The van der Waals surface area contributed by atoms with Crippen LogP contribution in [0.4, 0.5) is 0 Å². The van der Waals surface area contributed by atoms with E-state index in [0.717, 1.165) is 26.1 Å². The molecule has 248 valence electrons. The lowest BCUT2D eigenvalue weighted by Crippen LogP contribution is -2.06. The Labute approximate surface area is 260 Å². The smallest absolute Gasteiger partial charge is 0.149 e. The predicted octanol–water partition coefficient (Wildman–Crippen LogP) is 13.5. The highest BCUT2D eigenvalue weighted by Crippen LogP contribution is 2.15. The van der Waals surface area contributed by atoms with Crippen molar-refractivity contribution in [2.45, 2.75) is 219 Å². The normalized spacial score (nSPS) is 11.6. The first kappa shape index (κ1) is 40.9. The fourth-order valence-corrected chi connectivity index (χ4v) is 5.77. The van der Waals surface area contributed by atoms with Gasteiger partial charge in [-0.2, -0.15) is 0 Å². The number of unbranched alkanes of at least 4 members (excludes halogenated alkanes) is 30. The molecule has 0 aliphatic rings. The second-order valence-corrected chi connectivity index (χ2v) is 12.9. The van der Waals surface area contributed by atoms with Gasteiger partial charge in [-0.05, 0) is 12.8 Å². The second-order valence-electron chi connectivity index (χ2n) is 12.9.